The van der Waals surface area contributed by atoms with E-state index in [4.69, 9.17) is 10.00 Å². The Kier molecular flexibility index (Phi) is 7.29. The van der Waals surface area contributed by atoms with Gasteiger partial charge in [0.1, 0.15) is 0 Å². The van der Waals surface area contributed by atoms with Crippen molar-refractivity contribution < 1.29 is 9.53 Å². The Morgan fingerprint density at radius 1 is 1.52 bits per heavy atom. The SMILES string of the molecule is COCCNC(=O)c1ccc(N=C(NC#N)SC)c(C)c1. The van der Waals surface area contributed by atoms with Gasteiger partial charge < -0.3 is 10.1 Å². The fourth-order valence-corrected chi connectivity index (χ4v) is 1.91. The number of amides is 1. The van der Waals surface area contributed by atoms with Crippen LogP contribution in [0.15, 0.2) is 23.2 Å². The fourth-order valence-electron chi connectivity index (χ4n) is 1.57. The predicted octanol–water partition coefficient (Wildman–Crippen LogP) is 1.79. The van der Waals surface area contributed by atoms with Crippen LogP contribution in [0.4, 0.5) is 5.69 Å². The van der Waals surface area contributed by atoms with Crippen molar-refractivity contribution in [2.24, 2.45) is 4.99 Å². The molecule has 0 fully saturated rings. The lowest BCUT2D eigenvalue weighted by molar-refractivity contribution is 0.0937. The van der Waals surface area contributed by atoms with Crippen LogP contribution >= 0.6 is 11.8 Å². The van der Waals surface area contributed by atoms with Crippen molar-refractivity contribution in [3.05, 3.63) is 29.3 Å². The van der Waals surface area contributed by atoms with Gasteiger partial charge in [-0.1, -0.05) is 11.8 Å². The first kappa shape index (κ1) is 17.0. The van der Waals surface area contributed by atoms with Crippen molar-refractivity contribution in [1.82, 2.24) is 10.6 Å². The molecule has 112 valence electrons. The molecule has 0 bridgehead atoms. The number of nitriles is 1. The number of aryl methyl sites for hydroxylation is 1. The van der Waals surface area contributed by atoms with Gasteiger partial charge in [-0.15, -0.1) is 0 Å². The maximum Gasteiger partial charge on any atom is 0.251 e. The Hall–Kier alpha value is -2.04. The van der Waals surface area contributed by atoms with E-state index >= 15 is 0 Å². The summed E-state index contributed by atoms with van der Waals surface area (Å²) in [6, 6.07) is 5.24. The highest BCUT2D eigenvalue weighted by atomic mass is 32.2. The molecule has 1 rings (SSSR count). The largest absolute Gasteiger partial charge is 0.383 e. The van der Waals surface area contributed by atoms with Crippen LogP contribution in [0, 0.1) is 18.4 Å². The van der Waals surface area contributed by atoms with E-state index < -0.39 is 0 Å². The van der Waals surface area contributed by atoms with E-state index in [0.717, 1.165) is 11.3 Å². The smallest absolute Gasteiger partial charge is 0.251 e. The Labute approximate surface area is 128 Å². The van der Waals surface area contributed by atoms with Gasteiger partial charge >= 0.3 is 0 Å². The molecule has 0 spiro atoms. The maximum absolute atomic E-state index is 11.9. The number of hydrogen-bond donors (Lipinski definition) is 2. The van der Waals surface area contributed by atoms with Crippen LogP contribution in [0.3, 0.4) is 0 Å². The summed E-state index contributed by atoms with van der Waals surface area (Å²) in [5.74, 6) is -0.147. The number of thioether (sulfide) groups is 1. The number of carbonyl (C=O) groups excluding carboxylic acids is 1. The minimum atomic E-state index is -0.147. The van der Waals surface area contributed by atoms with E-state index in [-0.39, 0.29) is 5.91 Å². The number of nitrogens with one attached hydrogen (secondary N) is 2. The minimum absolute atomic E-state index is 0.147. The summed E-state index contributed by atoms with van der Waals surface area (Å²) in [6.45, 7) is 2.82. The van der Waals surface area contributed by atoms with Crippen molar-refractivity contribution in [3.63, 3.8) is 0 Å². The van der Waals surface area contributed by atoms with Crippen LogP contribution in [-0.4, -0.2) is 37.6 Å². The first-order valence-corrected chi connectivity index (χ1v) is 7.50. The molecule has 0 aliphatic heterocycles. The zero-order valence-corrected chi connectivity index (χ0v) is 13.1. The molecule has 0 aliphatic rings. The average molecular weight is 306 g/mol. The van der Waals surface area contributed by atoms with Crippen molar-refractivity contribution >= 4 is 28.5 Å². The molecular weight excluding hydrogens is 288 g/mol. The van der Waals surface area contributed by atoms with Gasteiger partial charge in [0.25, 0.3) is 5.91 Å². The number of rotatable bonds is 5. The monoisotopic (exact) mass is 306 g/mol. The summed E-state index contributed by atoms with van der Waals surface area (Å²) < 4.78 is 4.88. The molecule has 1 amide bonds. The number of aliphatic imine (C=N–C) groups is 1. The van der Waals surface area contributed by atoms with Crippen LogP contribution < -0.4 is 10.6 Å². The summed E-state index contributed by atoms with van der Waals surface area (Å²) in [5.41, 5.74) is 2.15. The zero-order chi connectivity index (χ0) is 15.7. The zero-order valence-electron chi connectivity index (χ0n) is 12.3. The number of carbonyl (C=O) groups is 1. The Bertz CT molecular complexity index is 567. The average Bonchev–Trinajstić information content (AvgIpc) is 2.48. The van der Waals surface area contributed by atoms with Crippen molar-refractivity contribution in [2.45, 2.75) is 6.92 Å². The highest BCUT2D eigenvalue weighted by Gasteiger charge is 2.07. The summed E-state index contributed by atoms with van der Waals surface area (Å²) in [4.78, 5) is 16.2. The number of benzene rings is 1. The van der Waals surface area contributed by atoms with E-state index in [0.29, 0.717) is 23.9 Å². The van der Waals surface area contributed by atoms with Gasteiger partial charge in [-0.05, 0) is 36.9 Å². The molecule has 0 heterocycles. The number of ether oxygens (including phenoxy) is 1. The lowest BCUT2D eigenvalue weighted by Gasteiger charge is -2.07. The maximum atomic E-state index is 11.9. The molecule has 0 saturated carbocycles. The number of methoxy groups -OCH3 is 1. The van der Waals surface area contributed by atoms with E-state index in [1.54, 1.807) is 25.3 Å². The normalized spacial score (nSPS) is 10.9. The lowest BCUT2D eigenvalue weighted by Crippen LogP contribution is -2.26. The molecular formula is C14H18N4O2S. The first-order chi connectivity index (χ1) is 10.1. The molecule has 7 heteroatoms. The Balaban J connectivity index is 2.85. The molecule has 2 N–H and O–H groups in total. The Morgan fingerprint density at radius 3 is 2.86 bits per heavy atom. The van der Waals surface area contributed by atoms with Gasteiger partial charge in [0.2, 0.25) is 0 Å². The quantitative estimate of drug-likeness (QED) is 0.285. The van der Waals surface area contributed by atoms with E-state index in [2.05, 4.69) is 15.6 Å². The lowest BCUT2D eigenvalue weighted by atomic mass is 10.1. The van der Waals surface area contributed by atoms with Crippen molar-refractivity contribution in [2.75, 3.05) is 26.5 Å². The van der Waals surface area contributed by atoms with Crippen LogP contribution in [0.25, 0.3) is 0 Å². The van der Waals surface area contributed by atoms with Gasteiger partial charge in [0, 0.05) is 19.2 Å². The second-order valence-electron chi connectivity index (χ2n) is 4.11. The summed E-state index contributed by atoms with van der Waals surface area (Å²) in [7, 11) is 1.59. The predicted molar refractivity (Wildman–Crippen MR) is 84.7 cm³/mol. The third-order valence-electron chi connectivity index (χ3n) is 2.63. The van der Waals surface area contributed by atoms with E-state index in [1.165, 1.54) is 11.8 Å². The molecule has 1 aromatic rings. The van der Waals surface area contributed by atoms with Crippen LogP contribution in [-0.2, 0) is 4.74 Å². The Morgan fingerprint density at radius 2 is 2.29 bits per heavy atom. The molecule has 0 radical (unpaired) electrons. The van der Waals surface area contributed by atoms with Crippen LogP contribution in [0.5, 0.6) is 0 Å². The third-order valence-corrected chi connectivity index (χ3v) is 3.21. The third kappa shape index (κ3) is 5.45. The highest BCUT2D eigenvalue weighted by Crippen LogP contribution is 2.21. The second kappa shape index (κ2) is 9.00. The van der Waals surface area contributed by atoms with Crippen LogP contribution in [0.1, 0.15) is 15.9 Å². The van der Waals surface area contributed by atoms with E-state index in [1.807, 2.05) is 19.4 Å². The second-order valence-corrected chi connectivity index (χ2v) is 4.90. The number of amidine groups is 1. The standard InChI is InChI=1S/C14H18N4O2S/c1-10-8-11(13(19)16-6-7-20-2)4-5-12(10)18-14(21-3)17-9-15/h4-5,8H,6-7H2,1-3H3,(H,16,19)(H,17,18). The van der Waals surface area contributed by atoms with Crippen molar-refractivity contribution in [3.8, 4) is 6.19 Å². The highest BCUT2D eigenvalue weighted by molar-refractivity contribution is 8.13. The molecule has 6 nitrogen and oxygen atoms in total. The van der Waals surface area contributed by atoms with Gasteiger partial charge in [-0.25, -0.2) is 4.99 Å². The molecule has 0 atom stereocenters. The summed E-state index contributed by atoms with van der Waals surface area (Å²) in [5, 5.41) is 14.4. The molecule has 0 aromatic heterocycles. The molecule has 1 aromatic carbocycles. The molecule has 0 aliphatic carbocycles. The van der Waals surface area contributed by atoms with Gasteiger partial charge in [-0.3, -0.25) is 10.1 Å². The number of nitrogens with zero attached hydrogens (tertiary/aromatic N) is 2. The fraction of sp³-hybridized carbons (Fsp3) is 0.357. The van der Waals surface area contributed by atoms with Gasteiger partial charge in [-0.2, -0.15) is 5.26 Å². The first-order valence-electron chi connectivity index (χ1n) is 6.28. The summed E-state index contributed by atoms with van der Waals surface area (Å²) >= 11 is 1.35. The topological polar surface area (TPSA) is 86.5 Å². The number of hydrogen-bond acceptors (Lipinski definition) is 5. The van der Waals surface area contributed by atoms with Gasteiger partial charge in [0.05, 0.1) is 12.3 Å². The molecule has 0 saturated heterocycles. The van der Waals surface area contributed by atoms with Crippen molar-refractivity contribution in [1.29, 1.82) is 5.26 Å². The summed E-state index contributed by atoms with van der Waals surface area (Å²) in [6.07, 6.45) is 3.67. The van der Waals surface area contributed by atoms with Gasteiger partial charge in [0.15, 0.2) is 11.4 Å². The minimum Gasteiger partial charge on any atom is -0.383 e. The van der Waals surface area contributed by atoms with Crippen LogP contribution in [0.2, 0.25) is 0 Å². The molecule has 0 unspecified atom stereocenters. The van der Waals surface area contributed by atoms with E-state index in [9.17, 15) is 4.79 Å². The molecule has 21 heavy (non-hydrogen) atoms.